The first-order chi connectivity index (χ1) is 9.22. The number of fused-ring (bicyclic) bond motifs is 1. The standard InChI is InChI=1S/C14H9BrFNOS/c15-9-5-6-12(10(16)7-9)18-8-14-17-11-3-1-2-4-13(11)19-14/h1-7H,8H2. The van der Waals surface area contributed by atoms with E-state index in [2.05, 4.69) is 20.9 Å². The Hall–Kier alpha value is -1.46. The smallest absolute Gasteiger partial charge is 0.166 e. The monoisotopic (exact) mass is 337 g/mol. The zero-order valence-corrected chi connectivity index (χ0v) is 12.2. The average molecular weight is 338 g/mol. The predicted molar refractivity (Wildman–Crippen MR) is 78.1 cm³/mol. The van der Waals surface area contributed by atoms with E-state index in [1.165, 1.54) is 6.07 Å². The molecule has 0 radical (unpaired) electrons. The molecular weight excluding hydrogens is 329 g/mol. The van der Waals surface area contributed by atoms with E-state index in [1.54, 1.807) is 23.5 Å². The Kier molecular flexibility index (Phi) is 3.48. The Bertz CT molecular complexity index is 695. The Morgan fingerprint density at radius 1 is 1.21 bits per heavy atom. The summed E-state index contributed by atoms with van der Waals surface area (Å²) in [5.41, 5.74) is 0.947. The molecule has 0 fully saturated rings. The van der Waals surface area contributed by atoms with Gasteiger partial charge in [0.25, 0.3) is 0 Å². The normalized spacial score (nSPS) is 10.8. The molecule has 0 spiro atoms. The number of para-hydroxylation sites is 1. The molecule has 2 aromatic carbocycles. The number of halogens is 2. The minimum atomic E-state index is -0.379. The first-order valence-electron chi connectivity index (χ1n) is 5.65. The van der Waals surface area contributed by atoms with E-state index in [0.717, 1.165) is 15.2 Å². The molecule has 1 aromatic heterocycles. The maximum Gasteiger partial charge on any atom is 0.166 e. The topological polar surface area (TPSA) is 22.1 Å². The maximum atomic E-state index is 13.6. The summed E-state index contributed by atoms with van der Waals surface area (Å²) in [6.45, 7) is 0.276. The van der Waals surface area contributed by atoms with E-state index >= 15 is 0 Å². The molecule has 2 nitrogen and oxygen atoms in total. The molecule has 0 aliphatic carbocycles. The van der Waals surface area contributed by atoms with Gasteiger partial charge in [-0.15, -0.1) is 11.3 Å². The van der Waals surface area contributed by atoms with Crippen LogP contribution in [0.15, 0.2) is 46.9 Å². The van der Waals surface area contributed by atoms with Crippen LogP contribution in [0.1, 0.15) is 5.01 Å². The summed E-state index contributed by atoms with van der Waals surface area (Å²) in [7, 11) is 0. The van der Waals surface area contributed by atoms with Crippen molar-refractivity contribution in [3.8, 4) is 5.75 Å². The Morgan fingerprint density at radius 2 is 2.05 bits per heavy atom. The number of ether oxygens (including phenoxy) is 1. The summed E-state index contributed by atoms with van der Waals surface area (Å²) in [5.74, 6) is -0.141. The highest BCUT2D eigenvalue weighted by Crippen LogP contribution is 2.25. The predicted octanol–water partition coefficient (Wildman–Crippen LogP) is 4.78. The molecule has 1 heterocycles. The fourth-order valence-electron chi connectivity index (χ4n) is 1.71. The van der Waals surface area contributed by atoms with Gasteiger partial charge in [0.15, 0.2) is 11.6 Å². The molecule has 96 valence electrons. The van der Waals surface area contributed by atoms with Crippen LogP contribution in [0, 0.1) is 5.82 Å². The van der Waals surface area contributed by atoms with Gasteiger partial charge in [-0.25, -0.2) is 9.37 Å². The van der Waals surface area contributed by atoms with Gasteiger partial charge in [-0.2, -0.15) is 0 Å². The van der Waals surface area contributed by atoms with E-state index in [9.17, 15) is 4.39 Å². The lowest BCUT2D eigenvalue weighted by Gasteiger charge is -2.05. The van der Waals surface area contributed by atoms with Crippen LogP contribution in [0.2, 0.25) is 0 Å². The number of aromatic nitrogens is 1. The lowest BCUT2D eigenvalue weighted by atomic mass is 10.3. The molecule has 0 saturated heterocycles. The number of benzene rings is 2. The lowest BCUT2D eigenvalue weighted by molar-refractivity contribution is 0.290. The van der Waals surface area contributed by atoms with Crippen molar-refractivity contribution in [2.75, 3.05) is 0 Å². The van der Waals surface area contributed by atoms with Gasteiger partial charge < -0.3 is 4.74 Å². The maximum absolute atomic E-state index is 13.6. The molecule has 3 aromatic rings. The third-order valence-electron chi connectivity index (χ3n) is 2.58. The highest BCUT2D eigenvalue weighted by molar-refractivity contribution is 9.10. The van der Waals surface area contributed by atoms with E-state index in [-0.39, 0.29) is 18.2 Å². The van der Waals surface area contributed by atoms with Crippen molar-refractivity contribution >= 4 is 37.5 Å². The number of nitrogens with zero attached hydrogens (tertiary/aromatic N) is 1. The number of hydrogen-bond donors (Lipinski definition) is 0. The SMILES string of the molecule is Fc1cc(Br)ccc1OCc1nc2ccccc2s1. The second kappa shape index (κ2) is 5.27. The second-order valence-corrected chi connectivity index (χ2v) is 5.97. The van der Waals surface area contributed by atoms with Crippen molar-refractivity contribution < 1.29 is 9.13 Å². The quantitative estimate of drug-likeness (QED) is 0.686. The highest BCUT2D eigenvalue weighted by Gasteiger charge is 2.07. The summed E-state index contributed by atoms with van der Waals surface area (Å²) >= 11 is 4.77. The Balaban J connectivity index is 1.78. The molecule has 0 amide bonds. The summed E-state index contributed by atoms with van der Waals surface area (Å²) in [5, 5.41) is 0.837. The lowest BCUT2D eigenvalue weighted by Crippen LogP contribution is -1.96. The fraction of sp³-hybridized carbons (Fsp3) is 0.0714. The van der Waals surface area contributed by atoms with Crippen molar-refractivity contribution in [3.63, 3.8) is 0 Å². The van der Waals surface area contributed by atoms with Gasteiger partial charge in [0.2, 0.25) is 0 Å². The van der Waals surface area contributed by atoms with Gasteiger partial charge in [0.1, 0.15) is 11.6 Å². The molecule has 0 bridgehead atoms. The molecular formula is C14H9BrFNOS. The van der Waals surface area contributed by atoms with Gasteiger partial charge in [0, 0.05) is 4.47 Å². The average Bonchev–Trinajstić information content (AvgIpc) is 2.80. The highest BCUT2D eigenvalue weighted by atomic mass is 79.9. The molecule has 0 N–H and O–H groups in total. The molecule has 0 saturated carbocycles. The number of hydrogen-bond acceptors (Lipinski definition) is 3. The van der Waals surface area contributed by atoms with Crippen molar-refractivity contribution in [2.24, 2.45) is 0 Å². The van der Waals surface area contributed by atoms with Crippen LogP contribution in [0.25, 0.3) is 10.2 Å². The van der Waals surface area contributed by atoms with E-state index in [0.29, 0.717) is 4.47 Å². The first kappa shape index (κ1) is 12.6. The minimum Gasteiger partial charge on any atom is -0.483 e. The van der Waals surface area contributed by atoms with Crippen LogP contribution >= 0.6 is 27.3 Å². The minimum absolute atomic E-state index is 0.238. The van der Waals surface area contributed by atoms with Crippen LogP contribution in [0.3, 0.4) is 0 Å². The van der Waals surface area contributed by atoms with Gasteiger partial charge >= 0.3 is 0 Å². The third-order valence-corrected chi connectivity index (χ3v) is 4.09. The van der Waals surface area contributed by atoms with Crippen LogP contribution in [-0.2, 0) is 6.61 Å². The van der Waals surface area contributed by atoms with Gasteiger partial charge in [-0.3, -0.25) is 0 Å². The number of thiazole rings is 1. The summed E-state index contributed by atoms with van der Waals surface area (Å²) in [6, 6.07) is 12.6. The Morgan fingerprint density at radius 3 is 2.84 bits per heavy atom. The fourth-order valence-corrected chi connectivity index (χ4v) is 2.93. The molecule has 0 unspecified atom stereocenters. The van der Waals surface area contributed by atoms with Crippen LogP contribution in [-0.4, -0.2) is 4.98 Å². The molecule has 3 rings (SSSR count). The van der Waals surface area contributed by atoms with Crippen LogP contribution < -0.4 is 4.74 Å². The van der Waals surface area contributed by atoms with Crippen molar-refractivity contribution in [3.05, 3.63) is 57.8 Å². The Labute approximate surface area is 122 Å². The second-order valence-electron chi connectivity index (χ2n) is 3.94. The molecule has 0 aliphatic rings. The summed E-state index contributed by atoms with van der Waals surface area (Å²) < 4.78 is 20.8. The van der Waals surface area contributed by atoms with Crippen LogP contribution in [0.5, 0.6) is 5.75 Å². The zero-order valence-electron chi connectivity index (χ0n) is 9.77. The molecule has 0 aliphatic heterocycles. The molecule has 5 heteroatoms. The van der Waals surface area contributed by atoms with E-state index in [4.69, 9.17) is 4.74 Å². The van der Waals surface area contributed by atoms with Crippen molar-refractivity contribution in [1.82, 2.24) is 4.98 Å². The number of rotatable bonds is 3. The van der Waals surface area contributed by atoms with Gasteiger partial charge in [0.05, 0.1) is 10.2 Å². The van der Waals surface area contributed by atoms with E-state index in [1.807, 2.05) is 24.3 Å². The largest absolute Gasteiger partial charge is 0.483 e. The van der Waals surface area contributed by atoms with Gasteiger partial charge in [-0.05, 0) is 30.3 Å². The van der Waals surface area contributed by atoms with Crippen LogP contribution in [0.4, 0.5) is 4.39 Å². The summed E-state index contributed by atoms with van der Waals surface area (Å²) in [6.07, 6.45) is 0. The van der Waals surface area contributed by atoms with Crippen molar-refractivity contribution in [1.29, 1.82) is 0 Å². The van der Waals surface area contributed by atoms with E-state index < -0.39 is 0 Å². The third kappa shape index (κ3) is 2.77. The zero-order chi connectivity index (χ0) is 13.2. The summed E-state index contributed by atoms with van der Waals surface area (Å²) in [4.78, 5) is 4.44. The molecule has 0 atom stereocenters. The van der Waals surface area contributed by atoms with Gasteiger partial charge in [-0.1, -0.05) is 28.1 Å². The molecule has 19 heavy (non-hydrogen) atoms. The van der Waals surface area contributed by atoms with Crippen molar-refractivity contribution in [2.45, 2.75) is 6.61 Å². The first-order valence-corrected chi connectivity index (χ1v) is 7.25.